The Morgan fingerprint density at radius 3 is 2.69 bits per heavy atom. The van der Waals surface area contributed by atoms with Crippen molar-refractivity contribution in [1.82, 2.24) is 15.0 Å². The maximum atomic E-state index is 14.8. The van der Waals surface area contributed by atoms with Crippen LogP contribution in [0.25, 0.3) is 31.8 Å². The van der Waals surface area contributed by atoms with Crippen LogP contribution in [0.5, 0.6) is 11.6 Å². The Bertz CT molecular complexity index is 1340. The van der Waals surface area contributed by atoms with Gasteiger partial charge in [0.15, 0.2) is 11.6 Å². The summed E-state index contributed by atoms with van der Waals surface area (Å²) >= 11 is 1.45. The fourth-order valence-electron chi connectivity index (χ4n) is 4.25. The predicted molar refractivity (Wildman–Crippen MR) is 123 cm³/mol. The van der Waals surface area contributed by atoms with E-state index in [-0.39, 0.29) is 11.2 Å². The number of fused-ring (bicyclic) bond motifs is 2. The summed E-state index contributed by atoms with van der Waals surface area (Å²) in [6, 6.07) is 7.02. The minimum absolute atomic E-state index is 0.146. The van der Waals surface area contributed by atoms with Gasteiger partial charge < -0.3 is 14.6 Å². The first-order chi connectivity index (χ1) is 15.2. The third kappa shape index (κ3) is 3.57. The van der Waals surface area contributed by atoms with Gasteiger partial charge in [0.25, 0.3) is 0 Å². The molecule has 0 saturated heterocycles. The van der Waals surface area contributed by atoms with Gasteiger partial charge in [-0.15, -0.1) is 11.3 Å². The Balaban J connectivity index is 1.55. The molecular weight excluding hydrogens is 429 g/mol. The molecule has 0 spiro atoms. The summed E-state index contributed by atoms with van der Waals surface area (Å²) in [4.78, 5) is 13.7. The highest BCUT2D eigenvalue weighted by molar-refractivity contribution is 7.21. The van der Waals surface area contributed by atoms with Crippen molar-refractivity contribution in [2.24, 2.45) is 5.41 Å². The number of aryl methyl sites for hydroxylation is 1. The molecule has 6 nitrogen and oxygen atoms in total. The zero-order valence-corrected chi connectivity index (χ0v) is 19.2. The molecule has 1 aliphatic carbocycles. The lowest BCUT2D eigenvalue weighted by Crippen LogP contribution is -2.34. The van der Waals surface area contributed by atoms with E-state index in [1.54, 1.807) is 19.4 Å². The van der Waals surface area contributed by atoms with Crippen molar-refractivity contribution in [1.29, 1.82) is 0 Å². The van der Waals surface area contributed by atoms with Crippen LogP contribution in [-0.2, 0) is 0 Å². The van der Waals surface area contributed by atoms with Gasteiger partial charge >= 0.3 is 0 Å². The van der Waals surface area contributed by atoms with E-state index in [9.17, 15) is 9.50 Å². The molecular formula is C24H24FN3O3S. The maximum Gasteiger partial charge on any atom is 0.232 e. The van der Waals surface area contributed by atoms with Crippen LogP contribution < -0.4 is 9.47 Å². The van der Waals surface area contributed by atoms with Gasteiger partial charge in [-0.25, -0.2) is 19.3 Å². The standard InChI is InChI=1S/C24H24FN3O3S/c1-12-7-13(21-16(8-12)27-20(30-4)11-26-21)23-28-15-9-14(25)18(10-19(15)32-23)31-17-5-6-24(2,3)22(17)29/h7-11,17,22,29H,5-6H2,1-4H3/t17-,22-/m1/s1. The lowest BCUT2D eigenvalue weighted by molar-refractivity contribution is 0.00359. The Morgan fingerprint density at radius 1 is 1.16 bits per heavy atom. The molecule has 1 aliphatic rings. The Kier molecular flexibility index (Phi) is 5.02. The van der Waals surface area contributed by atoms with Crippen molar-refractivity contribution >= 4 is 32.6 Å². The van der Waals surface area contributed by atoms with Gasteiger partial charge in [-0.1, -0.05) is 13.8 Å². The quantitative estimate of drug-likeness (QED) is 0.452. The molecule has 166 valence electrons. The van der Waals surface area contributed by atoms with Gasteiger partial charge in [0, 0.05) is 17.7 Å². The van der Waals surface area contributed by atoms with Crippen LogP contribution in [0.1, 0.15) is 32.3 Å². The average molecular weight is 454 g/mol. The fourth-order valence-corrected chi connectivity index (χ4v) is 5.25. The molecule has 1 saturated carbocycles. The number of halogens is 1. The van der Waals surface area contributed by atoms with Crippen molar-refractivity contribution in [3.8, 4) is 22.2 Å². The molecule has 0 amide bonds. The van der Waals surface area contributed by atoms with Crippen LogP contribution in [-0.4, -0.2) is 39.4 Å². The van der Waals surface area contributed by atoms with Crippen LogP contribution in [0.15, 0.2) is 30.5 Å². The van der Waals surface area contributed by atoms with E-state index < -0.39 is 18.0 Å². The van der Waals surface area contributed by atoms with E-state index in [0.29, 0.717) is 28.9 Å². The van der Waals surface area contributed by atoms with Crippen LogP contribution in [0.2, 0.25) is 0 Å². The van der Waals surface area contributed by atoms with Crippen molar-refractivity contribution in [3.63, 3.8) is 0 Å². The molecule has 2 atom stereocenters. The largest absolute Gasteiger partial charge is 0.485 e. The Morgan fingerprint density at radius 2 is 1.97 bits per heavy atom. The molecule has 5 rings (SSSR count). The normalized spacial score (nSPS) is 20.2. The molecule has 1 N–H and O–H groups in total. The number of hydrogen-bond acceptors (Lipinski definition) is 7. The van der Waals surface area contributed by atoms with Crippen molar-refractivity contribution < 1.29 is 19.0 Å². The monoisotopic (exact) mass is 453 g/mol. The molecule has 2 aromatic heterocycles. The number of aliphatic hydroxyl groups excluding tert-OH is 1. The van der Waals surface area contributed by atoms with E-state index in [1.165, 1.54) is 17.4 Å². The van der Waals surface area contributed by atoms with Gasteiger partial charge in [0.2, 0.25) is 5.88 Å². The molecule has 4 aromatic rings. The Labute approximate surface area is 189 Å². The summed E-state index contributed by atoms with van der Waals surface area (Å²) < 4.78 is 26.7. The van der Waals surface area contributed by atoms with Crippen LogP contribution in [0.4, 0.5) is 4.39 Å². The topological polar surface area (TPSA) is 77.4 Å². The predicted octanol–water partition coefficient (Wildman–Crippen LogP) is 5.29. The first-order valence-electron chi connectivity index (χ1n) is 10.5. The number of nitrogens with zero attached hydrogens (tertiary/aromatic N) is 3. The van der Waals surface area contributed by atoms with Gasteiger partial charge in [-0.2, -0.15) is 0 Å². The molecule has 0 aliphatic heterocycles. The second kappa shape index (κ2) is 7.64. The van der Waals surface area contributed by atoms with E-state index in [0.717, 1.165) is 27.3 Å². The lowest BCUT2D eigenvalue weighted by atomic mass is 9.89. The Hall–Kier alpha value is -2.84. The summed E-state index contributed by atoms with van der Waals surface area (Å²) in [6.07, 6.45) is 2.05. The average Bonchev–Trinajstić information content (AvgIpc) is 3.28. The molecule has 2 heterocycles. The summed E-state index contributed by atoms with van der Waals surface area (Å²) in [6.45, 7) is 5.98. The second-order valence-electron chi connectivity index (χ2n) is 8.99. The SMILES string of the molecule is COc1cnc2c(-c3nc4cc(F)c(O[C@@H]5CCC(C)(C)[C@@H]5O)cc4s3)cc(C)cc2n1. The summed E-state index contributed by atoms with van der Waals surface area (Å²) in [5.74, 6) is 0.109. The third-order valence-electron chi connectivity index (χ3n) is 6.15. The number of hydrogen-bond donors (Lipinski definition) is 1. The lowest BCUT2D eigenvalue weighted by Gasteiger charge is -2.25. The molecule has 2 aromatic carbocycles. The molecule has 32 heavy (non-hydrogen) atoms. The second-order valence-corrected chi connectivity index (χ2v) is 10.0. The van der Waals surface area contributed by atoms with Crippen molar-refractivity contribution in [2.45, 2.75) is 45.8 Å². The van der Waals surface area contributed by atoms with Crippen molar-refractivity contribution in [2.75, 3.05) is 7.11 Å². The summed E-state index contributed by atoms with van der Waals surface area (Å²) in [7, 11) is 1.56. The number of aliphatic hydroxyl groups is 1. The number of ether oxygens (including phenoxy) is 2. The van der Waals surface area contributed by atoms with E-state index in [1.807, 2.05) is 32.9 Å². The molecule has 0 unspecified atom stereocenters. The van der Waals surface area contributed by atoms with Crippen LogP contribution in [0.3, 0.4) is 0 Å². The van der Waals surface area contributed by atoms with Crippen LogP contribution >= 0.6 is 11.3 Å². The highest BCUT2D eigenvalue weighted by Crippen LogP contribution is 2.41. The first-order valence-corrected chi connectivity index (χ1v) is 11.3. The van der Waals surface area contributed by atoms with Crippen LogP contribution in [0, 0.1) is 18.2 Å². The minimum Gasteiger partial charge on any atom is -0.485 e. The van der Waals surface area contributed by atoms with Crippen molar-refractivity contribution in [3.05, 3.63) is 41.8 Å². The molecule has 0 radical (unpaired) electrons. The number of benzene rings is 2. The van der Waals surface area contributed by atoms with E-state index >= 15 is 0 Å². The zero-order chi connectivity index (χ0) is 22.6. The fraction of sp³-hybridized carbons (Fsp3) is 0.375. The first kappa shape index (κ1) is 21.0. The van der Waals surface area contributed by atoms with Gasteiger partial charge in [0.1, 0.15) is 11.1 Å². The smallest absolute Gasteiger partial charge is 0.232 e. The number of methoxy groups -OCH3 is 1. The molecule has 1 fully saturated rings. The number of aromatic nitrogens is 3. The highest BCUT2D eigenvalue weighted by Gasteiger charge is 2.42. The van der Waals surface area contributed by atoms with Gasteiger partial charge in [-0.05, 0) is 42.9 Å². The zero-order valence-electron chi connectivity index (χ0n) is 18.3. The molecule has 0 bridgehead atoms. The summed E-state index contributed by atoms with van der Waals surface area (Å²) in [5, 5.41) is 11.2. The van der Waals surface area contributed by atoms with E-state index in [4.69, 9.17) is 9.47 Å². The third-order valence-corrected chi connectivity index (χ3v) is 7.21. The van der Waals surface area contributed by atoms with Gasteiger partial charge in [0.05, 0.1) is 40.7 Å². The van der Waals surface area contributed by atoms with Gasteiger partial charge in [-0.3, -0.25) is 0 Å². The maximum absolute atomic E-state index is 14.8. The van der Waals surface area contributed by atoms with E-state index in [2.05, 4.69) is 15.0 Å². The molecule has 8 heteroatoms. The summed E-state index contributed by atoms with van der Waals surface area (Å²) in [5.41, 5.74) is 3.60. The number of rotatable bonds is 4. The highest BCUT2D eigenvalue weighted by atomic mass is 32.1. The number of thiazole rings is 1. The minimum atomic E-state index is -0.635.